The normalized spacial score (nSPS) is 16.2. The van der Waals surface area contributed by atoms with Crippen molar-refractivity contribution < 1.29 is 9.53 Å². The first-order chi connectivity index (χ1) is 7.72. The standard InChI is InChI=1S/C10H15N3O2S/c1-7-8(9(14)15-2)12-10(16-7)13-5-3-11-4-6-13/h11H,3-6H2,1-2H3. The van der Waals surface area contributed by atoms with Crippen LogP contribution in [0.1, 0.15) is 15.4 Å². The number of carbonyl (C=O) groups is 1. The number of aromatic nitrogens is 1. The van der Waals surface area contributed by atoms with Gasteiger partial charge in [0.25, 0.3) is 0 Å². The number of thiazole rings is 1. The van der Waals surface area contributed by atoms with Gasteiger partial charge in [-0.3, -0.25) is 0 Å². The molecule has 0 aromatic carbocycles. The van der Waals surface area contributed by atoms with Crippen molar-refractivity contribution in [2.75, 3.05) is 38.2 Å². The summed E-state index contributed by atoms with van der Waals surface area (Å²) in [5, 5.41) is 4.20. The number of ether oxygens (including phenoxy) is 1. The van der Waals surface area contributed by atoms with Gasteiger partial charge in [-0.1, -0.05) is 0 Å². The Hall–Kier alpha value is -1.14. The maximum absolute atomic E-state index is 11.4. The molecule has 0 aliphatic carbocycles. The van der Waals surface area contributed by atoms with E-state index in [9.17, 15) is 4.79 Å². The Balaban J connectivity index is 2.19. The maximum atomic E-state index is 11.4. The molecule has 0 saturated carbocycles. The topological polar surface area (TPSA) is 54.5 Å². The van der Waals surface area contributed by atoms with Gasteiger partial charge in [0.2, 0.25) is 0 Å². The Morgan fingerprint density at radius 1 is 1.50 bits per heavy atom. The highest BCUT2D eigenvalue weighted by Gasteiger charge is 2.20. The summed E-state index contributed by atoms with van der Waals surface area (Å²) in [5.74, 6) is -0.352. The van der Waals surface area contributed by atoms with E-state index in [0.717, 1.165) is 36.2 Å². The smallest absolute Gasteiger partial charge is 0.357 e. The summed E-state index contributed by atoms with van der Waals surface area (Å²) >= 11 is 1.55. The largest absolute Gasteiger partial charge is 0.464 e. The highest BCUT2D eigenvalue weighted by atomic mass is 32.1. The van der Waals surface area contributed by atoms with Gasteiger partial charge in [-0.2, -0.15) is 0 Å². The second-order valence-corrected chi connectivity index (χ2v) is 4.81. The van der Waals surface area contributed by atoms with Crippen molar-refractivity contribution in [3.8, 4) is 0 Å². The van der Waals surface area contributed by atoms with Crippen molar-refractivity contribution >= 4 is 22.4 Å². The molecule has 2 rings (SSSR count). The number of piperazine rings is 1. The predicted octanol–water partition coefficient (Wildman–Crippen LogP) is 0.648. The minimum atomic E-state index is -0.352. The van der Waals surface area contributed by atoms with E-state index in [4.69, 9.17) is 4.74 Å². The van der Waals surface area contributed by atoms with Crippen molar-refractivity contribution in [2.45, 2.75) is 6.92 Å². The first-order valence-corrected chi connectivity index (χ1v) is 6.05. The van der Waals surface area contributed by atoms with E-state index in [1.54, 1.807) is 11.3 Å². The van der Waals surface area contributed by atoms with Gasteiger partial charge in [0.15, 0.2) is 10.8 Å². The Kier molecular flexibility index (Phi) is 3.40. The van der Waals surface area contributed by atoms with Crippen LogP contribution in [0.3, 0.4) is 0 Å². The molecule has 0 spiro atoms. The van der Waals surface area contributed by atoms with Crippen LogP contribution < -0.4 is 10.2 Å². The summed E-state index contributed by atoms with van der Waals surface area (Å²) in [5.41, 5.74) is 0.445. The zero-order chi connectivity index (χ0) is 11.5. The van der Waals surface area contributed by atoms with Gasteiger partial charge in [-0.15, -0.1) is 11.3 Å². The lowest BCUT2D eigenvalue weighted by Crippen LogP contribution is -2.43. The number of hydrogen-bond acceptors (Lipinski definition) is 6. The number of anilines is 1. The van der Waals surface area contributed by atoms with E-state index < -0.39 is 0 Å². The maximum Gasteiger partial charge on any atom is 0.357 e. The van der Waals surface area contributed by atoms with Crippen LogP contribution in [0.5, 0.6) is 0 Å². The third-order valence-electron chi connectivity index (χ3n) is 2.55. The van der Waals surface area contributed by atoms with Gasteiger partial charge in [0.05, 0.1) is 7.11 Å². The van der Waals surface area contributed by atoms with Crippen molar-refractivity contribution in [2.24, 2.45) is 0 Å². The number of carbonyl (C=O) groups excluding carboxylic acids is 1. The van der Waals surface area contributed by atoms with Crippen LogP contribution >= 0.6 is 11.3 Å². The van der Waals surface area contributed by atoms with Crippen LogP contribution in [0.2, 0.25) is 0 Å². The van der Waals surface area contributed by atoms with Crippen molar-refractivity contribution in [1.29, 1.82) is 0 Å². The van der Waals surface area contributed by atoms with Gasteiger partial charge in [-0.05, 0) is 6.92 Å². The van der Waals surface area contributed by atoms with E-state index in [-0.39, 0.29) is 5.97 Å². The van der Waals surface area contributed by atoms with Gasteiger partial charge in [0, 0.05) is 31.1 Å². The average Bonchev–Trinajstić information content (AvgIpc) is 2.71. The highest BCUT2D eigenvalue weighted by Crippen LogP contribution is 2.26. The van der Waals surface area contributed by atoms with Gasteiger partial charge in [0.1, 0.15) is 0 Å². The molecule has 1 aromatic rings. The fourth-order valence-corrected chi connectivity index (χ4v) is 2.61. The van der Waals surface area contributed by atoms with Crippen LogP contribution in [-0.4, -0.2) is 44.2 Å². The Morgan fingerprint density at radius 3 is 2.81 bits per heavy atom. The van der Waals surface area contributed by atoms with Crippen molar-refractivity contribution in [3.05, 3.63) is 10.6 Å². The number of aryl methyl sites for hydroxylation is 1. The van der Waals surface area contributed by atoms with Gasteiger partial charge in [-0.25, -0.2) is 9.78 Å². The SMILES string of the molecule is COC(=O)c1nc(N2CCNCC2)sc1C. The van der Waals surface area contributed by atoms with E-state index >= 15 is 0 Å². The minimum Gasteiger partial charge on any atom is -0.464 e. The molecule has 0 bridgehead atoms. The zero-order valence-electron chi connectivity index (χ0n) is 9.45. The summed E-state index contributed by atoms with van der Waals surface area (Å²) < 4.78 is 4.69. The van der Waals surface area contributed by atoms with E-state index in [1.807, 2.05) is 6.92 Å². The van der Waals surface area contributed by atoms with Crippen molar-refractivity contribution in [3.63, 3.8) is 0 Å². The summed E-state index contributed by atoms with van der Waals surface area (Å²) in [6, 6.07) is 0. The minimum absolute atomic E-state index is 0.352. The molecule has 1 aromatic heterocycles. The third-order valence-corrected chi connectivity index (χ3v) is 3.58. The average molecular weight is 241 g/mol. The van der Waals surface area contributed by atoms with Crippen LogP contribution in [0.15, 0.2) is 0 Å². The molecule has 0 amide bonds. The Bertz CT molecular complexity index is 385. The van der Waals surface area contributed by atoms with Gasteiger partial charge >= 0.3 is 5.97 Å². The van der Waals surface area contributed by atoms with Crippen LogP contribution in [0.25, 0.3) is 0 Å². The van der Waals surface area contributed by atoms with Gasteiger partial charge < -0.3 is 15.0 Å². The molecule has 0 atom stereocenters. The van der Waals surface area contributed by atoms with Crippen LogP contribution in [0, 0.1) is 6.92 Å². The Labute approximate surface area is 98.4 Å². The summed E-state index contributed by atoms with van der Waals surface area (Å²) in [4.78, 5) is 18.9. The van der Waals surface area contributed by atoms with E-state index in [2.05, 4.69) is 15.2 Å². The third kappa shape index (κ3) is 2.17. The molecule has 5 nitrogen and oxygen atoms in total. The number of hydrogen-bond donors (Lipinski definition) is 1. The summed E-state index contributed by atoms with van der Waals surface area (Å²) in [7, 11) is 1.38. The molecular weight excluding hydrogens is 226 g/mol. The summed E-state index contributed by atoms with van der Waals surface area (Å²) in [6.45, 7) is 5.70. The molecule has 2 heterocycles. The molecule has 1 aliphatic rings. The number of esters is 1. The Morgan fingerprint density at radius 2 is 2.19 bits per heavy atom. The number of methoxy groups -OCH3 is 1. The zero-order valence-corrected chi connectivity index (χ0v) is 10.3. The van der Waals surface area contributed by atoms with Crippen LogP contribution in [-0.2, 0) is 4.74 Å². The fourth-order valence-electron chi connectivity index (χ4n) is 1.66. The number of nitrogens with zero attached hydrogens (tertiary/aromatic N) is 2. The quantitative estimate of drug-likeness (QED) is 0.770. The molecule has 16 heavy (non-hydrogen) atoms. The monoisotopic (exact) mass is 241 g/mol. The van der Waals surface area contributed by atoms with E-state index in [0.29, 0.717) is 5.69 Å². The molecule has 1 aliphatic heterocycles. The molecule has 0 unspecified atom stereocenters. The molecule has 1 fully saturated rings. The molecule has 0 radical (unpaired) electrons. The first kappa shape index (κ1) is 11.3. The predicted molar refractivity (Wildman–Crippen MR) is 63.3 cm³/mol. The lowest BCUT2D eigenvalue weighted by molar-refractivity contribution is 0.0594. The molecule has 6 heteroatoms. The molecule has 1 saturated heterocycles. The lowest BCUT2D eigenvalue weighted by Gasteiger charge is -2.26. The molecule has 1 N–H and O–H groups in total. The second-order valence-electron chi connectivity index (χ2n) is 3.63. The molecular formula is C10H15N3O2S. The number of nitrogens with one attached hydrogen (secondary N) is 1. The fraction of sp³-hybridized carbons (Fsp3) is 0.600. The summed E-state index contributed by atoms with van der Waals surface area (Å²) in [6.07, 6.45) is 0. The lowest BCUT2D eigenvalue weighted by atomic mass is 10.4. The second kappa shape index (κ2) is 4.80. The van der Waals surface area contributed by atoms with E-state index in [1.165, 1.54) is 7.11 Å². The first-order valence-electron chi connectivity index (χ1n) is 5.24. The van der Waals surface area contributed by atoms with Crippen LogP contribution in [0.4, 0.5) is 5.13 Å². The number of rotatable bonds is 2. The highest BCUT2D eigenvalue weighted by molar-refractivity contribution is 7.15. The molecule has 88 valence electrons. The van der Waals surface area contributed by atoms with Crippen molar-refractivity contribution in [1.82, 2.24) is 10.3 Å².